The molecule has 25 heavy (non-hydrogen) atoms. The van der Waals surface area contributed by atoms with Gasteiger partial charge in [-0.25, -0.2) is 4.79 Å². The van der Waals surface area contributed by atoms with E-state index in [1.165, 1.54) is 31.9 Å². The van der Waals surface area contributed by atoms with E-state index < -0.39 is 17.0 Å². The zero-order chi connectivity index (χ0) is 18.4. The zero-order valence-electron chi connectivity index (χ0n) is 14.2. The van der Waals surface area contributed by atoms with Crippen molar-refractivity contribution < 1.29 is 19.2 Å². The first-order chi connectivity index (χ1) is 11.9. The van der Waals surface area contributed by atoms with Crippen LogP contribution in [0.5, 0.6) is 0 Å². The summed E-state index contributed by atoms with van der Waals surface area (Å²) in [6.07, 6.45) is 5.41. The highest BCUT2D eigenvalue weighted by Gasteiger charge is 2.24. The lowest BCUT2D eigenvalue weighted by Gasteiger charge is -2.19. The number of carbonyl (C=O) groups excluding carboxylic acids is 2. The number of carbonyl (C=O) groups is 2. The van der Waals surface area contributed by atoms with Crippen LogP contribution in [0, 0.1) is 10.1 Å². The average Bonchev–Trinajstić information content (AvgIpc) is 2.83. The van der Waals surface area contributed by atoms with Crippen LogP contribution in [0.25, 0.3) is 0 Å². The summed E-state index contributed by atoms with van der Waals surface area (Å²) in [7, 11) is 0. The number of anilines is 1. The zero-order valence-corrected chi connectivity index (χ0v) is 14.2. The Balaban J connectivity index is 1.94. The molecule has 0 heterocycles. The van der Waals surface area contributed by atoms with Gasteiger partial charge in [-0.05, 0) is 25.8 Å². The van der Waals surface area contributed by atoms with Crippen LogP contribution in [-0.4, -0.2) is 28.9 Å². The number of amides is 1. The molecule has 1 aromatic rings. The second-order valence-corrected chi connectivity index (χ2v) is 6.27. The second-order valence-electron chi connectivity index (χ2n) is 6.27. The summed E-state index contributed by atoms with van der Waals surface area (Å²) in [5.41, 5.74) is 5.40. The minimum absolute atomic E-state index is 0.000263. The number of non-ortho nitro benzene ring substituents is 1. The molecule has 0 aromatic heterocycles. The van der Waals surface area contributed by atoms with Gasteiger partial charge < -0.3 is 15.8 Å². The normalized spacial score (nSPS) is 16.5. The summed E-state index contributed by atoms with van der Waals surface area (Å²) in [5.74, 6) is -1.13. The van der Waals surface area contributed by atoms with Gasteiger partial charge in [0.05, 0.1) is 16.2 Å². The number of nitrogens with one attached hydrogen (secondary N) is 1. The van der Waals surface area contributed by atoms with E-state index in [0.717, 1.165) is 31.7 Å². The van der Waals surface area contributed by atoms with E-state index in [1.54, 1.807) is 0 Å². The quantitative estimate of drug-likeness (QED) is 0.277. The fraction of sp³-hybridized carbons (Fsp3) is 0.529. The van der Waals surface area contributed by atoms with E-state index in [4.69, 9.17) is 10.5 Å². The molecule has 0 spiro atoms. The number of esters is 1. The van der Waals surface area contributed by atoms with Gasteiger partial charge in [0.2, 0.25) is 0 Å². The molecule has 1 fully saturated rings. The SMILES string of the molecule is C[C@H](OC(=O)c1ccc([N+](=O)[O-])cc1N)C(=O)NC1CCCCCC1. The predicted molar refractivity (Wildman–Crippen MR) is 92.0 cm³/mol. The number of nitro benzene ring substituents is 1. The van der Waals surface area contributed by atoms with E-state index in [2.05, 4.69) is 5.32 Å². The van der Waals surface area contributed by atoms with Crippen LogP contribution in [0.3, 0.4) is 0 Å². The summed E-state index contributed by atoms with van der Waals surface area (Å²) < 4.78 is 5.15. The molecule has 0 aliphatic heterocycles. The molecule has 0 bridgehead atoms. The number of nitro groups is 1. The maximum Gasteiger partial charge on any atom is 0.341 e. The summed E-state index contributed by atoms with van der Waals surface area (Å²) in [5, 5.41) is 13.6. The first-order valence-corrected chi connectivity index (χ1v) is 8.43. The molecule has 1 amide bonds. The number of rotatable bonds is 5. The van der Waals surface area contributed by atoms with Gasteiger partial charge in [0, 0.05) is 18.2 Å². The number of hydrogen-bond acceptors (Lipinski definition) is 6. The standard InChI is InChI=1S/C17H23N3O5/c1-11(16(21)19-12-6-4-2-3-5-7-12)25-17(22)14-9-8-13(20(23)24)10-15(14)18/h8-12H,2-7,18H2,1H3,(H,19,21)/t11-/m0/s1. The molecular formula is C17H23N3O5. The molecule has 2 rings (SSSR count). The third kappa shape index (κ3) is 5.17. The van der Waals surface area contributed by atoms with Crippen molar-refractivity contribution in [2.24, 2.45) is 0 Å². The molecular weight excluding hydrogens is 326 g/mol. The maximum atomic E-state index is 12.2. The Bertz CT molecular complexity index is 654. The van der Waals surface area contributed by atoms with Crippen molar-refractivity contribution in [3.8, 4) is 0 Å². The highest BCUT2D eigenvalue weighted by atomic mass is 16.6. The summed E-state index contributed by atoms with van der Waals surface area (Å²) in [6, 6.07) is 3.60. The van der Waals surface area contributed by atoms with E-state index in [1.807, 2.05) is 0 Å². The summed E-state index contributed by atoms with van der Waals surface area (Å²) in [6.45, 7) is 1.49. The fourth-order valence-electron chi connectivity index (χ4n) is 2.87. The number of nitrogens with two attached hydrogens (primary N) is 1. The Morgan fingerprint density at radius 1 is 1.28 bits per heavy atom. The lowest BCUT2D eigenvalue weighted by Crippen LogP contribution is -2.41. The average molecular weight is 349 g/mol. The fourth-order valence-corrected chi connectivity index (χ4v) is 2.87. The van der Waals surface area contributed by atoms with Crippen LogP contribution in [0.2, 0.25) is 0 Å². The minimum Gasteiger partial charge on any atom is -0.449 e. The van der Waals surface area contributed by atoms with Crippen LogP contribution >= 0.6 is 0 Å². The Hall–Kier alpha value is -2.64. The Labute approximate surface area is 145 Å². The van der Waals surface area contributed by atoms with Crippen molar-refractivity contribution in [3.63, 3.8) is 0 Å². The monoisotopic (exact) mass is 349 g/mol. The van der Waals surface area contributed by atoms with E-state index in [0.29, 0.717) is 0 Å². The van der Waals surface area contributed by atoms with Gasteiger partial charge in [-0.3, -0.25) is 14.9 Å². The second kappa shape index (κ2) is 8.46. The van der Waals surface area contributed by atoms with Crippen molar-refractivity contribution in [2.45, 2.75) is 57.6 Å². The van der Waals surface area contributed by atoms with Crippen molar-refractivity contribution in [2.75, 3.05) is 5.73 Å². The van der Waals surface area contributed by atoms with E-state index in [9.17, 15) is 19.7 Å². The molecule has 1 saturated carbocycles. The largest absolute Gasteiger partial charge is 0.449 e. The van der Waals surface area contributed by atoms with Crippen LogP contribution in [-0.2, 0) is 9.53 Å². The summed E-state index contributed by atoms with van der Waals surface area (Å²) in [4.78, 5) is 34.5. The molecule has 1 aliphatic rings. The van der Waals surface area contributed by atoms with Gasteiger partial charge in [-0.2, -0.15) is 0 Å². The van der Waals surface area contributed by atoms with Crippen LogP contribution in [0.15, 0.2) is 18.2 Å². The van der Waals surface area contributed by atoms with Gasteiger partial charge in [0.25, 0.3) is 11.6 Å². The first-order valence-electron chi connectivity index (χ1n) is 8.43. The lowest BCUT2D eigenvalue weighted by atomic mass is 10.1. The Morgan fingerprint density at radius 3 is 2.48 bits per heavy atom. The molecule has 8 nitrogen and oxygen atoms in total. The van der Waals surface area contributed by atoms with Crippen molar-refractivity contribution in [3.05, 3.63) is 33.9 Å². The number of hydrogen-bond donors (Lipinski definition) is 2. The van der Waals surface area contributed by atoms with Crippen LogP contribution in [0.1, 0.15) is 55.8 Å². The molecule has 0 saturated heterocycles. The molecule has 1 aliphatic carbocycles. The molecule has 3 N–H and O–H groups in total. The lowest BCUT2D eigenvalue weighted by molar-refractivity contribution is -0.384. The van der Waals surface area contributed by atoms with Crippen molar-refractivity contribution in [1.82, 2.24) is 5.32 Å². The number of nitrogens with zero attached hydrogens (tertiary/aromatic N) is 1. The minimum atomic E-state index is -0.967. The van der Waals surface area contributed by atoms with Gasteiger partial charge >= 0.3 is 5.97 Å². The molecule has 1 atom stereocenters. The molecule has 0 radical (unpaired) electrons. The molecule has 0 unspecified atom stereocenters. The Kier molecular flexibility index (Phi) is 6.32. The van der Waals surface area contributed by atoms with Crippen molar-refractivity contribution in [1.29, 1.82) is 0 Å². The van der Waals surface area contributed by atoms with Gasteiger partial charge in [-0.1, -0.05) is 25.7 Å². The predicted octanol–water partition coefficient (Wildman–Crippen LogP) is 2.56. The summed E-state index contributed by atoms with van der Waals surface area (Å²) >= 11 is 0. The molecule has 8 heteroatoms. The van der Waals surface area contributed by atoms with Crippen LogP contribution < -0.4 is 11.1 Å². The van der Waals surface area contributed by atoms with Crippen molar-refractivity contribution >= 4 is 23.3 Å². The molecule has 1 aromatic carbocycles. The first kappa shape index (κ1) is 18.7. The Morgan fingerprint density at radius 2 is 1.92 bits per heavy atom. The topological polar surface area (TPSA) is 125 Å². The third-order valence-corrected chi connectivity index (χ3v) is 4.32. The van der Waals surface area contributed by atoms with E-state index >= 15 is 0 Å². The highest BCUT2D eigenvalue weighted by Crippen LogP contribution is 2.21. The smallest absolute Gasteiger partial charge is 0.341 e. The van der Waals surface area contributed by atoms with Gasteiger partial charge in [0.15, 0.2) is 6.10 Å². The highest BCUT2D eigenvalue weighted by molar-refractivity contribution is 5.97. The molecule has 136 valence electrons. The van der Waals surface area contributed by atoms with Gasteiger partial charge in [0.1, 0.15) is 0 Å². The number of nitrogen functional groups attached to an aromatic ring is 1. The number of benzene rings is 1. The number of ether oxygens (including phenoxy) is 1. The maximum absolute atomic E-state index is 12.2. The van der Waals surface area contributed by atoms with E-state index in [-0.39, 0.29) is 28.9 Å². The van der Waals surface area contributed by atoms with Crippen LogP contribution in [0.4, 0.5) is 11.4 Å². The van der Waals surface area contributed by atoms with Gasteiger partial charge in [-0.15, -0.1) is 0 Å². The third-order valence-electron chi connectivity index (χ3n) is 4.32.